The molecule has 1 aliphatic heterocycles. The molecule has 2 amide bonds. The van der Waals surface area contributed by atoms with Crippen molar-refractivity contribution in [3.63, 3.8) is 0 Å². The number of likely N-dealkylation sites (N-methyl/N-ethyl adjacent to an activating group) is 1. The van der Waals surface area contributed by atoms with Crippen molar-refractivity contribution < 1.29 is 14.3 Å². The summed E-state index contributed by atoms with van der Waals surface area (Å²) in [5.74, 6) is 0.256. The molecule has 1 heterocycles. The molecular weight excluding hydrogens is 318 g/mol. The minimum absolute atomic E-state index is 0.137. The third kappa shape index (κ3) is 3.74. The minimum atomic E-state index is -0.647. The molecule has 1 atom stereocenters. The van der Waals surface area contributed by atoms with Crippen molar-refractivity contribution in [3.05, 3.63) is 54.1 Å². The second-order valence-corrected chi connectivity index (χ2v) is 5.93. The summed E-state index contributed by atoms with van der Waals surface area (Å²) >= 11 is 0. The average Bonchev–Trinajstić information content (AvgIpc) is 2.62. The Balaban J connectivity index is 1.77. The van der Waals surface area contributed by atoms with Gasteiger partial charge in [-0.25, -0.2) is 0 Å². The van der Waals surface area contributed by atoms with Gasteiger partial charge in [-0.05, 0) is 30.7 Å². The van der Waals surface area contributed by atoms with E-state index in [1.54, 1.807) is 13.1 Å². The number of aryl methyl sites for hydroxylation is 1. The maximum Gasteiger partial charge on any atom is 0.262 e. The first kappa shape index (κ1) is 16.8. The van der Waals surface area contributed by atoms with Gasteiger partial charge in [-0.15, -0.1) is 0 Å². The molecule has 0 aromatic heterocycles. The number of carbonyl (C=O) groups is 2. The number of anilines is 2. The lowest BCUT2D eigenvalue weighted by atomic mass is 10.1. The third-order valence-electron chi connectivity index (χ3n) is 4.15. The number of para-hydroxylation sites is 3. The Morgan fingerprint density at radius 2 is 1.88 bits per heavy atom. The van der Waals surface area contributed by atoms with Crippen LogP contribution in [0.1, 0.15) is 5.56 Å². The summed E-state index contributed by atoms with van der Waals surface area (Å²) in [4.78, 5) is 26.3. The molecular formula is C19H21N3O3. The number of amides is 2. The number of nitrogens with zero attached hydrogens (tertiary/aromatic N) is 1. The first-order chi connectivity index (χ1) is 12.1. The summed E-state index contributed by atoms with van der Waals surface area (Å²) < 4.78 is 5.75. The van der Waals surface area contributed by atoms with Gasteiger partial charge in [0.25, 0.3) is 5.91 Å². The van der Waals surface area contributed by atoms with Crippen molar-refractivity contribution in [1.82, 2.24) is 5.32 Å². The number of ether oxygens (including phenoxy) is 1. The Hall–Kier alpha value is -3.02. The minimum Gasteiger partial charge on any atom is -0.477 e. The van der Waals surface area contributed by atoms with Crippen LogP contribution in [0.3, 0.4) is 0 Å². The van der Waals surface area contributed by atoms with Gasteiger partial charge >= 0.3 is 0 Å². The third-order valence-corrected chi connectivity index (χ3v) is 4.15. The van der Waals surface area contributed by atoms with Gasteiger partial charge in [0, 0.05) is 12.7 Å². The van der Waals surface area contributed by atoms with E-state index in [0.717, 1.165) is 16.9 Å². The second kappa shape index (κ2) is 7.25. The molecule has 2 aromatic carbocycles. The highest BCUT2D eigenvalue weighted by atomic mass is 16.5. The number of rotatable bonds is 4. The van der Waals surface area contributed by atoms with Crippen LogP contribution in [0.25, 0.3) is 0 Å². The molecule has 0 saturated carbocycles. The first-order valence-corrected chi connectivity index (χ1v) is 8.16. The lowest BCUT2D eigenvalue weighted by molar-refractivity contribution is -0.127. The highest BCUT2D eigenvalue weighted by molar-refractivity contribution is 5.95. The van der Waals surface area contributed by atoms with Gasteiger partial charge in [-0.2, -0.15) is 0 Å². The van der Waals surface area contributed by atoms with Crippen molar-refractivity contribution in [2.45, 2.75) is 13.0 Å². The predicted octanol–water partition coefficient (Wildman–Crippen LogP) is 1.95. The fourth-order valence-corrected chi connectivity index (χ4v) is 2.83. The van der Waals surface area contributed by atoms with Gasteiger partial charge < -0.3 is 20.3 Å². The van der Waals surface area contributed by atoms with Crippen LogP contribution in [-0.2, 0) is 9.59 Å². The zero-order valence-electron chi connectivity index (χ0n) is 14.3. The van der Waals surface area contributed by atoms with E-state index in [1.807, 2.05) is 54.3 Å². The molecule has 25 heavy (non-hydrogen) atoms. The van der Waals surface area contributed by atoms with Crippen LogP contribution in [0, 0.1) is 6.92 Å². The van der Waals surface area contributed by atoms with Gasteiger partial charge in [0.2, 0.25) is 5.91 Å². The Labute approximate surface area is 146 Å². The Kier molecular flexibility index (Phi) is 4.88. The van der Waals surface area contributed by atoms with Crippen molar-refractivity contribution in [3.8, 4) is 5.75 Å². The predicted molar refractivity (Wildman–Crippen MR) is 96.9 cm³/mol. The van der Waals surface area contributed by atoms with Crippen LogP contribution in [0.4, 0.5) is 11.4 Å². The molecule has 0 fully saturated rings. The molecule has 6 nitrogen and oxygen atoms in total. The summed E-state index contributed by atoms with van der Waals surface area (Å²) in [7, 11) is 1.57. The normalized spacial score (nSPS) is 15.8. The molecule has 130 valence electrons. The summed E-state index contributed by atoms with van der Waals surface area (Å²) in [5, 5.41) is 5.52. The Morgan fingerprint density at radius 3 is 2.64 bits per heavy atom. The van der Waals surface area contributed by atoms with Crippen LogP contribution in [-0.4, -0.2) is 38.1 Å². The van der Waals surface area contributed by atoms with Crippen molar-refractivity contribution in [1.29, 1.82) is 0 Å². The monoisotopic (exact) mass is 339 g/mol. The van der Waals surface area contributed by atoms with E-state index < -0.39 is 6.10 Å². The SMILES string of the molecule is CNC(=O)C1CN(CC(=O)Nc2ccccc2C)c2ccccc2O1. The maximum absolute atomic E-state index is 12.5. The summed E-state index contributed by atoms with van der Waals surface area (Å²) in [5.41, 5.74) is 2.60. The second-order valence-electron chi connectivity index (χ2n) is 5.93. The molecule has 0 saturated heterocycles. The largest absolute Gasteiger partial charge is 0.477 e. The van der Waals surface area contributed by atoms with Crippen LogP contribution in [0.15, 0.2) is 48.5 Å². The Bertz CT molecular complexity index is 791. The van der Waals surface area contributed by atoms with E-state index in [2.05, 4.69) is 10.6 Å². The molecule has 6 heteroatoms. The smallest absolute Gasteiger partial charge is 0.262 e. The summed E-state index contributed by atoms with van der Waals surface area (Å²) in [6.07, 6.45) is -0.647. The van der Waals surface area contributed by atoms with Gasteiger partial charge in [0.1, 0.15) is 5.75 Å². The van der Waals surface area contributed by atoms with Gasteiger partial charge in [0.05, 0.1) is 18.8 Å². The molecule has 0 spiro atoms. The highest BCUT2D eigenvalue weighted by Crippen LogP contribution is 2.33. The fourth-order valence-electron chi connectivity index (χ4n) is 2.83. The van der Waals surface area contributed by atoms with E-state index >= 15 is 0 Å². The number of hydrogen-bond donors (Lipinski definition) is 2. The fraction of sp³-hybridized carbons (Fsp3) is 0.263. The van der Waals surface area contributed by atoms with Crippen molar-refractivity contribution in [2.75, 3.05) is 30.4 Å². The summed E-state index contributed by atoms with van der Waals surface area (Å²) in [6.45, 7) is 2.40. The molecule has 3 rings (SSSR count). The molecule has 0 aliphatic carbocycles. The molecule has 1 aliphatic rings. The van der Waals surface area contributed by atoms with E-state index in [-0.39, 0.29) is 18.4 Å². The highest BCUT2D eigenvalue weighted by Gasteiger charge is 2.30. The van der Waals surface area contributed by atoms with E-state index in [9.17, 15) is 9.59 Å². The van der Waals surface area contributed by atoms with E-state index in [0.29, 0.717) is 12.3 Å². The standard InChI is InChI=1S/C19H21N3O3/c1-13-7-3-4-8-14(13)21-18(23)12-22-11-17(19(24)20-2)25-16-10-6-5-9-15(16)22/h3-10,17H,11-12H2,1-2H3,(H,20,24)(H,21,23). The maximum atomic E-state index is 12.5. The number of carbonyl (C=O) groups excluding carboxylic acids is 2. The molecule has 1 unspecified atom stereocenters. The van der Waals surface area contributed by atoms with Gasteiger partial charge in [0.15, 0.2) is 6.10 Å². The summed E-state index contributed by atoms with van der Waals surface area (Å²) in [6, 6.07) is 15.0. The van der Waals surface area contributed by atoms with Gasteiger partial charge in [-0.3, -0.25) is 9.59 Å². The topological polar surface area (TPSA) is 70.7 Å². The van der Waals surface area contributed by atoms with Gasteiger partial charge in [-0.1, -0.05) is 30.3 Å². The lowest BCUT2D eigenvalue weighted by Gasteiger charge is -2.35. The van der Waals surface area contributed by atoms with E-state index in [1.165, 1.54) is 0 Å². The number of hydrogen-bond acceptors (Lipinski definition) is 4. The van der Waals surface area contributed by atoms with Crippen LogP contribution in [0.5, 0.6) is 5.75 Å². The van der Waals surface area contributed by atoms with Crippen LogP contribution < -0.4 is 20.3 Å². The zero-order chi connectivity index (χ0) is 17.8. The molecule has 2 N–H and O–H groups in total. The first-order valence-electron chi connectivity index (χ1n) is 8.16. The van der Waals surface area contributed by atoms with Crippen molar-refractivity contribution in [2.24, 2.45) is 0 Å². The average molecular weight is 339 g/mol. The molecule has 0 radical (unpaired) electrons. The molecule has 0 bridgehead atoms. The Morgan fingerprint density at radius 1 is 1.16 bits per heavy atom. The quantitative estimate of drug-likeness (QED) is 0.893. The number of nitrogens with one attached hydrogen (secondary N) is 2. The lowest BCUT2D eigenvalue weighted by Crippen LogP contribution is -2.50. The number of benzene rings is 2. The van der Waals surface area contributed by atoms with E-state index in [4.69, 9.17) is 4.74 Å². The van der Waals surface area contributed by atoms with Crippen molar-refractivity contribution >= 4 is 23.2 Å². The molecule has 2 aromatic rings. The van der Waals surface area contributed by atoms with Crippen LogP contribution >= 0.6 is 0 Å². The number of fused-ring (bicyclic) bond motifs is 1. The van der Waals surface area contributed by atoms with Crippen LogP contribution in [0.2, 0.25) is 0 Å². The zero-order valence-corrected chi connectivity index (χ0v) is 14.3.